The Balaban J connectivity index is 0.000000210. The minimum absolute atomic E-state index is 0.472. The van der Waals surface area contributed by atoms with E-state index in [9.17, 15) is 0 Å². The Morgan fingerprint density at radius 3 is 0.667 bits per heavy atom. The van der Waals surface area contributed by atoms with Crippen molar-refractivity contribution in [3.8, 4) is 0 Å². The van der Waals surface area contributed by atoms with Crippen LogP contribution < -0.4 is 0 Å². The van der Waals surface area contributed by atoms with E-state index in [-0.39, 0.29) is 0 Å². The molecular formula is C12H14OPS+. The van der Waals surface area contributed by atoms with Gasteiger partial charge >= 0.3 is 7.66 Å². The van der Waals surface area contributed by atoms with E-state index < -0.39 is 7.66 Å². The van der Waals surface area contributed by atoms with Gasteiger partial charge in [0.05, 0.1) is 0 Å². The molecule has 0 bridgehead atoms. The highest BCUT2D eigenvalue weighted by molar-refractivity contribution is 8.33. The van der Waals surface area contributed by atoms with Crippen LogP contribution in [0.5, 0.6) is 0 Å². The molecule has 0 N–H and O–H groups in total. The molecule has 1 unspecified atom stereocenters. The van der Waals surface area contributed by atoms with Gasteiger partial charge in [-0.1, -0.05) is 77.4 Å². The number of hydrogen-bond acceptors (Lipinski definition) is 1. The van der Waals surface area contributed by atoms with Gasteiger partial charge in [0.25, 0.3) is 0 Å². The second-order valence-corrected chi connectivity index (χ2v) is 3.13. The van der Waals surface area contributed by atoms with Gasteiger partial charge < -0.3 is 0 Å². The molecule has 1 atom stereocenters. The van der Waals surface area contributed by atoms with Crippen molar-refractivity contribution in [2.75, 3.05) is 0 Å². The summed E-state index contributed by atoms with van der Waals surface area (Å²) in [5, 5.41) is 0. The molecule has 0 aliphatic heterocycles. The summed E-state index contributed by atoms with van der Waals surface area (Å²) in [5.74, 6) is 0. The Morgan fingerprint density at radius 2 is 0.600 bits per heavy atom. The summed E-state index contributed by atoms with van der Waals surface area (Å²) in [4.78, 5) is 0. The Kier molecular flexibility index (Phi) is 11.9. The van der Waals surface area contributed by atoms with Crippen LogP contribution in [0, 0.1) is 0 Å². The lowest BCUT2D eigenvalue weighted by Gasteiger charge is -1.69. The van der Waals surface area contributed by atoms with E-state index in [2.05, 4.69) is 12.2 Å². The van der Waals surface area contributed by atoms with Crippen LogP contribution in [0.3, 0.4) is 0 Å². The molecule has 0 fully saturated rings. The Bertz CT molecular complexity index is 228. The van der Waals surface area contributed by atoms with Crippen molar-refractivity contribution in [2.45, 2.75) is 0 Å². The number of rotatable bonds is 0. The minimum atomic E-state index is -0.472. The van der Waals surface area contributed by atoms with E-state index in [1.807, 2.05) is 72.8 Å². The Morgan fingerprint density at radius 1 is 0.533 bits per heavy atom. The second-order valence-electron chi connectivity index (χ2n) is 2.40. The fourth-order valence-electron chi connectivity index (χ4n) is 0.770. The molecule has 1 nitrogen and oxygen atoms in total. The van der Waals surface area contributed by atoms with E-state index in [0.29, 0.717) is 0 Å². The normalized spacial score (nSPS) is 7.80. The molecule has 0 aromatic heterocycles. The Hall–Kier alpha value is -1.11. The van der Waals surface area contributed by atoms with Gasteiger partial charge in [-0.05, 0) is 0 Å². The molecule has 0 spiro atoms. The van der Waals surface area contributed by atoms with Crippen molar-refractivity contribution in [3.63, 3.8) is 0 Å². The van der Waals surface area contributed by atoms with E-state index in [1.54, 1.807) is 0 Å². The van der Waals surface area contributed by atoms with Gasteiger partial charge in [0.15, 0.2) is 0 Å². The van der Waals surface area contributed by atoms with Crippen LogP contribution in [-0.4, -0.2) is 0 Å². The molecule has 15 heavy (non-hydrogen) atoms. The molecule has 0 amide bonds. The first kappa shape index (κ1) is 13.9. The summed E-state index contributed by atoms with van der Waals surface area (Å²) in [7, 11) is -0.472. The lowest BCUT2D eigenvalue weighted by Crippen LogP contribution is -1.47. The average molecular weight is 237 g/mol. The van der Waals surface area contributed by atoms with Crippen LogP contribution in [-0.2, 0) is 4.57 Å². The zero-order chi connectivity index (χ0) is 11.2. The maximum atomic E-state index is 8.82. The maximum Gasteiger partial charge on any atom is 0.393 e. The molecule has 3 heteroatoms. The molecule has 2 aromatic rings. The molecule has 0 aliphatic rings. The predicted octanol–water partition coefficient (Wildman–Crippen LogP) is 4.23. The number of hydrogen-bond donors (Lipinski definition) is 1. The zero-order valence-electron chi connectivity index (χ0n) is 8.28. The summed E-state index contributed by atoms with van der Waals surface area (Å²) < 4.78 is 8.82. The Labute approximate surface area is 97.5 Å². The molecule has 2 rings (SSSR count). The summed E-state index contributed by atoms with van der Waals surface area (Å²) in [6, 6.07) is 24.0. The third kappa shape index (κ3) is 12.9. The van der Waals surface area contributed by atoms with Gasteiger partial charge in [-0.3, -0.25) is 0 Å². The second kappa shape index (κ2) is 12.9. The molecule has 0 heterocycles. The largest absolute Gasteiger partial charge is 0.393 e. The smallest absolute Gasteiger partial charge is 0.0626 e. The van der Waals surface area contributed by atoms with Crippen molar-refractivity contribution < 1.29 is 4.57 Å². The molecule has 0 radical (unpaired) electrons. The van der Waals surface area contributed by atoms with E-state index in [1.165, 1.54) is 0 Å². The lowest BCUT2D eigenvalue weighted by atomic mass is 10.4. The van der Waals surface area contributed by atoms with Crippen molar-refractivity contribution >= 4 is 19.9 Å². The highest BCUT2D eigenvalue weighted by Crippen LogP contribution is 1.91. The van der Waals surface area contributed by atoms with Gasteiger partial charge in [-0.15, -0.1) is 0 Å². The van der Waals surface area contributed by atoms with Gasteiger partial charge in [0, 0.05) is 0 Å². The van der Waals surface area contributed by atoms with Crippen LogP contribution >= 0.6 is 19.9 Å². The topological polar surface area (TPSA) is 17.1 Å². The summed E-state index contributed by atoms with van der Waals surface area (Å²) in [5.41, 5.74) is 0. The van der Waals surface area contributed by atoms with Crippen LogP contribution in [0.1, 0.15) is 0 Å². The quantitative estimate of drug-likeness (QED) is 0.536. The third-order valence-electron chi connectivity index (χ3n) is 1.33. The van der Waals surface area contributed by atoms with Gasteiger partial charge in [-0.2, -0.15) is 0 Å². The average Bonchev–Trinajstić information content (AvgIpc) is 2.35. The van der Waals surface area contributed by atoms with Crippen molar-refractivity contribution in [1.82, 2.24) is 0 Å². The van der Waals surface area contributed by atoms with Crippen LogP contribution in [0.4, 0.5) is 0 Å². The van der Waals surface area contributed by atoms with E-state index >= 15 is 0 Å². The molecular weight excluding hydrogens is 223 g/mol. The molecule has 78 valence electrons. The standard InChI is InChI=1S/2C6H6.HOPS/c2*1-2-4-6-5-3-1;1-2-3/h2*1-6H;(H,1,3)/p+1. The summed E-state index contributed by atoms with van der Waals surface area (Å²) in [6.07, 6.45) is 0. The van der Waals surface area contributed by atoms with Crippen LogP contribution in [0.25, 0.3) is 0 Å². The molecule has 2 aromatic carbocycles. The van der Waals surface area contributed by atoms with E-state index in [4.69, 9.17) is 4.57 Å². The van der Waals surface area contributed by atoms with Crippen molar-refractivity contribution in [3.05, 3.63) is 72.8 Å². The molecule has 0 saturated carbocycles. The van der Waals surface area contributed by atoms with Crippen molar-refractivity contribution in [2.24, 2.45) is 0 Å². The first-order valence-electron chi connectivity index (χ1n) is 4.43. The minimum Gasteiger partial charge on any atom is -0.0626 e. The van der Waals surface area contributed by atoms with E-state index in [0.717, 1.165) is 0 Å². The van der Waals surface area contributed by atoms with Gasteiger partial charge in [0.1, 0.15) is 12.2 Å². The van der Waals surface area contributed by atoms with Gasteiger partial charge in [0.2, 0.25) is 0 Å². The predicted molar refractivity (Wildman–Crippen MR) is 70.9 cm³/mol. The molecule has 0 saturated heterocycles. The summed E-state index contributed by atoms with van der Waals surface area (Å²) >= 11 is 3.26. The number of benzene rings is 2. The van der Waals surface area contributed by atoms with Crippen LogP contribution in [0.15, 0.2) is 72.8 Å². The SMILES string of the molecule is O=[PH+]S.c1ccccc1.c1ccccc1. The highest BCUT2D eigenvalue weighted by atomic mass is 32.7. The maximum absolute atomic E-state index is 8.82. The third-order valence-corrected chi connectivity index (χ3v) is 1.33. The fourth-order valence-corrected chi connectivity index (χ4v) is 0.770. The first-order chi connectivity index (χ1) is 7.41. The monoisotopic (exact) mass is 237 g/mol. The lowest BCUT2D eigenvalue weighted by molar-refractivity contribution is 0.606. The number of thiol groups is 1. The van der Waals surface area contributed by atoms with Gasteiger partial charge in [-0.25, -0.2) is 0 Å². The highest BCUT2D eigenvalue weighted by Gasteiger charge is 1.58. The first-order valence-corrected chi connectivity index (χ1v) is 6.62. The van der Waals surface area contributed by atoms with Crippen molar-refractivity contribution in [1.29, 1.82) is 0 Å². The fraction of sp³-hybridized carbons (Fsp3) is 0. The molecule has 0 aliphatic carbocycles. The van der Waals surface area contributed by atoms with Crippen LogP contribution in [0.2, 0.25) is 0 Å². The zero-order valence-corrected chi connectivity index (χ0v) is 10.2. The summed E-state index contributed by atoms with van der Waals surface area (Å²) in [6.45, 7) is 0.